The van der Waals surface area contributed by atoms with Gasteiger partial charge in [0.05, 0.1) is 18.3 Å². The molecule has 1 heterocycles. The SMILES string of the molecule is CCC12CCC(C(O)CBr)(CO1)C2. The van der Waals surface area contributed by atoms with Crippen LogP contribution < -0.4 is 0 Å². The van der Waals surface area contributed by atoms with Crippen LogP contribution in [0.4, 0.5) is 0 Å². The van der Waals surface area contributed by atoms with Crippen molar-refractivity contribution in [2.75, 3.05) is 11.9 Å². The van der Waals surface area contributed by atoms with E-state index in [2.05, 4.69) is 22.9 Å². The van der Waals surface area contributed by atoms with Crippen LogP contribution in [0, 0.1) is 5.41 Å². The highest BCUT2D eigenvalue weighted by Crippen LogP contribution is 2.56. The monoisotopic (exact) mass is 248 g/mol. The lowest BCUT2D eigenvalue weighted by molar-refractivity contribution is -0.0509. The molecule has 0 aromatic heterocycles. The van der Waals surface area contributed by atoms with E-state index in [0.29, 0.717) is 5.33 Å². The van der Waals surface area contributed by atoms with Gasteiger partial charge in [-0.3, -0.25) is 0 Å². The minimum atomic E-state index is -0.233. The molecule has 0 spiro atoms. The fourth-order valence-electron chi connectivity index (χ4n) is 2.79. The number of hydrogen-bond acceptors (Lipinski definition) is 2. The van der Waals surface area contributed by atoms with E-state index in [9.17, 15) is 5.11 Å². The Bertz CT molecular complexity index is 197. The predicted octanol–water partition coefficient (Wildman–Crippen LogP) is 2.09. The molecule has 2 bridgehead atoms. The van der Waals surface area contributed by atoms with Crippen molar-refractivity contribution >= 4 is 15.9 Å². The summed E-state index contributed by atoms with van der Waals surface area (Å²) < 4.78 is 5.83. The minimum absolute atomic E-state index is 0.0690. The molecule has 0 aromatic carbocycles. The fraction of sp³-hybridized carbons (Fsp3) is 1.00. The summed E-state index contributed by atoms with van der Waals surface area (Å²) in [4.78, 5) is 0. The smallest absolute Gasteiger partial charge is 0.0716 e. The van der Waals surface area contributed by atoms with Crippen molar-refractivity contribution in [3.8, 4) is 0 Å². The molecule has 3 unspecified atom stereocenters. The Morgan fingerprint density at radius 2 is 2.31 bits per heavy atom. The molecular weight excluding hydrogens is 232 g/mol. The van der Waals surface area contributed by atoms with E-state index in [1.54, 1.807) is 0 Å². The zero-order valence-electron chi connectivity index (χ0n) is 8.05. The van der Waals surface area contributed by atoms with Crippen molar-refractivity contribution in [2.24, 2.45) is 5.41 Å². The van der Waals surface area contributed by atoms with Gasteiger partial charge in [-0.05, 0) is 25.7 Å². The maximum Gasteiger partial charge on any atom is 0.0716 e. The van der Waals surface area contributed by atoms with E-state index in [1.807, 2.05) is 0 Å². The van der Waals surface area contributed by atoms with Crippen molar-refractivity contribution in [1.82, 2.24) is 0 Å². The van der Waals surface area contributed by atoms with Gasteiger partial charge in [0.1, 0.15) is 0 Å². The maximum absolute atomic E-state index is 9.92. The van der Waals surface area contributed by atoms with Crippen LogP contribution in [0.2, 0.25) is 0 Å². The lowest BCUT2D eigenvalue weighted by Gasteiger charge is -2.30. The van der Waals surface area contributed by atoms with E-state index in [1.165, 1.54) is 0 Å². The number of halogens is 1. The van der Waals surface area contributed by atoms with Crippen molar-refractivity contribution in [2.45, 2.75) is 44.3 Å². The molecule has 0 aromatic rings. The molecule has 2 aliphatic rings. The first-order valence-electron chi connectivity index (χ1n) is 5.04. The van der Waals surface area contributed by atoms with Gasteiger partial charge < -0.3 is 9.84 Å². The summed E-state index contributed by atoms with van der Waals surface area (Å²) >= 11 is 3.35. The normalized spacial score (nSPS) is 45.5. The molecule has 1 saturated heterocycles. The van der Waals surface area contributed by atoms with Crippen LogP contribution in [-0.4, -0.2) is 28.7 Å². The lowest BCUT2D eigenvalue weighted by atomic mass is 9.82. The topological polar surface area (TPSA) is 29.5 Å². The Balaban J connectivity index is 2.13. The molecule has 1 aliphatic heterocycles. The van der Waals surface area contributed by atoms with Gasteiger partial charge in [0.15, 0.2) is 0 Å². The highest BCUT2D eigenvalue weighted by atomic mass is 79.9. The summed E-state index contributed by atoms with van der Waals surface area (Å²) in [6.45, 7) is 2.94. The average molecular weight is 249 g/mol. The summed E-state index contributed by atoms with van der Waals surface area (Å²) in [5, 5.41) is 10.6. The number of ether oxygens (including phenoxy) is 1. The molecule has 0 amide bonds. The van der Waals surface area contributed by atoms with Crippen LogP contribution in [0.25, 0.3) is 0 Å². The molecule has 76 valence electrons. The van der Waals surface area contributed by atoms with Crippen LogP contribution >= 0.6 is 15.9 Å². The van der Waals surface area contributed by atoms with Crippen LogP contribution in [0.5, 0.6) is 0 Å². The van der Waals surface area contributed by atoms with Crippen molar-refractivity contribution in [1.29, 1.82) is 0 Å². The molecular formula is C10H17BrO2. The molecule has 1 saturated carbocycles. The molecule has 3 heteroatoms. The first-order valence-corrected chi connectivity index (χ1v) is 6.17. The van der Waals surface area contributed by atoms with Crippen LogP contribution in [-0.2, 0) is 4.74 Å². The molecule has 2 fully saturated rings. The Kier molecular flexibility index (Phi) is 2.45. The van der Waals surface area contributed by atoms with Gasteiger partial charge in [-0.1, -0.05) is 22.9 Å². The largest absolute Gasteiger partial charge is 0.392 e. The van der Waals surface area contributed by atoms with Crippen LogP contribution in [0.15, 0.2) is 0 Å². The summed E-state index contributed by atoms with van der Waals surface area (Å²) in [5.74, 6) is 0. The number of hydrogen-bond donors (Lipinski definition) is 1. The number of aliphatic hydroxyl groups excluding tert-OH is 1. The molecule has 13 heavy (non-hydrogen) atoms. The summed E-state index contributed by atoms with van der Waals surface area (Å²) in [5.41, 5.74) is 0.183. The molecule has 2 rings (SSSR count). The number of rotatable bonds is 3. The van der Waals surface area contributed by atoms with Gasteiger partial charge in [0.2, 0.25) is 0 Å². The van der Waals surface area contributed by atoms with Gasteiger partial charge in [-0.15, -0.1) is 0 Å². The van der Waals surface area contributed by atoms with Crippen LogP contribution in [0.1, 0.15) is 32.6 Å². The van der Waals surface area contributed by atoms with Gasteiger partial charge in [0.25, 0.3) is 0 Å². The summed E-state index contributed by atoms with van der Waals surface area (Å²) in [7, 11) is 0. The quantitative estimate of drug-likeness (QED) is 0.776. The average Bonchev–Trinajstić information content (AvgIpc) is 2.74. The van der Waals surface area contributed by atoms with E-state index < -0.39 is 0 Å². The van der Waals surface area contributed by atoms with E-state index >= 15 is 0 Å². The van der Waals surface area contributed by atoms with Gasteiger partial charge in [0, 0.05) is 10.7 Å². The van der Waals surface area contributed by atoms with Crippen molar-refractivity contribution in [3.63, 3.8) is 0 Å². The Morgan fingerprint density at radius 1 is 1.54 bits per heavy atom. The van der Waals surface area contributed by atoms with Gasteiger partial charge in [-0.25, -0.2) is 0 Å². The second kappa shape index (κ2) is 3.21. The zero-order valence-corrected chi connectivity index (χ0v) is 9.64. The molecule has 3 atom stereocenters. The lowest BCUT2D eigenvalue weighted by Crippen LogP contribution is -2.36. The van der Waals surface area contributed by atoms with Crippen LogP contribution in [0.3, 0.4) is 0 Å². The third-order valence-corrected chi connectivity index (χ3v) is 4.53. The zero-order chi connectivity index (χ0) is 9.53. The number of aliphatic hydroxyl groups is 1. The second-order valence-corrected chi connectivity index (χ2v) is 5.18. The second-order valence-electron chi connectivity index (χ2n) is 4.53. The third kappa shape index (κ3) is 1.36. The molecule has 1 N–H and O–H groups in total. The highest BCUT2D eigenvalue weighted by Gasteiger charge is 2.57. The third-order valence-electron chi connectivity index (χ3n) is 3.92. The maximum atomic E-state index is 9.92. The molecule has 2 nitrogen and oxygen atoms in total. The molecule has 0 radical (unpaired) electrons. The van der Waals surface area contributed by atoms with Crippen molar-refractivity contribution in [3.05, 3.63) is 0 Å². The summed E-state index contributed by atoms with van der Waals surface area (Å²) in [6.07, 6.45) is 4.18. The Morgan fingerprint density at radius 3 is 2.69 bits per heavy atom. The van der Waals surface area contributed by atoms with E-state index in [-0.39, 0.29) is 17.1 Å². The summed E-state index contributed by atoms with van der Waals surface area (Å²) in [6, 6.07) is 0. The first-order chi connectivity index (χ1) is 6.16. The highest BCUT2D eigenvalue weighted by molar-refractivity contribution is 9.09. The number of alkyl halides is 1. The molecule has 1 aliphatic carbocycles. The van der Waals surface area contributed by atoms with E-state index in [4.69, 9.17) is 4.74 Å². The van der Waals surface area contributed by atoms with Crippen molar-refractivity contribution < 1.29 is 9.84 Å². The van der Waals surface area contributed by atoms with Gasteiger partial charge >= 0.3 is 0 Å². The fourth-order valence-corrected chi connectivity index (χ4v) is 3.47. The first kappa shape index (κ1) is 9.94. The Hall–Kier alpha value is 0.400. The predicted molar refractivity (Wildman–Crippen MR) is 55.1 cm³/mol. The minimum Gasteiger partial charge on any atom is -0.392 e. The Labute approximate surface area is 87.8 Å². The van der Waals surface area contributed by atoms with E-state index in [0.717, 1.165) is 32.3 Å². The standard InChI is InChI=1S/C10H17BrO2/c1-2-10-4-3-9(6-10,7-13-10)8(12)5-11/h8,12H,2-7H2,1H3. The van der Waals surface area contributed by atoms with Gasteiger partial charge in [-0.2, -0.15) is 0 Å². The number of fused-ring (bicyclic) bond motifs is 2.